The highest BCUT2D eigenvalue weighted by molar-refractivity contribution is 5.92. The number of Topliss-reactive ketones (excluding diaryl/α,β-unsaturated/α-hetero) is 1. The van der Waals surface area contributed by atoms with Crippen molar-refractivity contribution >= 4 is 11.8 Å². The van der Waals surface area contributed by atoms with Crippen LogP contribution in [0.4, 0.5) is 0 Å². The summed E-state index contributed by atoms with van der Waals surface area (Å²) in [7, 11) is 0. The van der Waals surface area contributed by atoms with Gasteiger partial charge in [0.25, 0.3) is 0 Å². The van der Waals surface area contributed by atoms with Gasteiger partial charge in [0.2, 0.25) is 0 Å². The average molecular weight is 194 g/mol. The summed E-state index contributed by atoms with van der Waals surface area (Å²) in [4.78, 5) is 25.3. The van der Waals surface area contributed by atoms with Crippen molar-refractivity contribution in [2.45, 2.75) is 13.0 Å². The number of carbonyl (C=O) groups excluding carboxylic acids is 1. The summed E-state index contributed by atoms with van der Waals surface area (Å²) < 4.78 is 0. The van der Waals surface area contributed by atoms with Gasteiger partial charge >= 0.3 is 5.97 Å². The van der Waals surface area contributed by atoms with Gasteiger partial charge < -0.3 is 10.8 Å². The van der Waals surface area contributed by atoms with Crippen LogP contribution in [0.3, 0.4) is 0 Å². The molecule has 1 atom stereocenters. The largest absolute Gasteiger partial charge is 0.480 e. The van der Waals surface area contributed by atoms with Crippen molar-refractivity contribution in [1.82, 2.24) is 4.98 Å². The van der Waals surface area contributed by atoms with Crippen LogP contribution in [-0.4, -0.2) is 21.8 Å². The third kappa shape index (κ3) is 2.14. The number of carboxylic acid groups (broad SMARTS) is 1. The van der Waals surface area contributed by atoms with E-state index in [1.165, 1.54) is 19.1 Å². The van der Waals surface area contributed by atoms with Gasteiger partial charge in [0.1, 0.15) is 11.7 Å². The van der Waals surface area contributed by atoms with E-state index in [-0.39, 0.29) is 17.2 Å². The molecule has 0 aromatic carbocycles. The molecule has 0 aliphatic rings. The molecule has 0 saturated carbocycles. The number of aliphatic carboxylic acids is 1. The van der Waals surface area contributed by atoms with Crippen LogP contribution in [0.1, 0.15) is 29.1 Å². The number of aromatic nitrogens is 1. The fourth-order valence-electron chi connectivity index (χ4n) is 0.947. The molecule has 3 N–H and O–H groups in total. The Bertz CT molecular complexity index is 376. The Balaban J connectivity index is 3.05. The molecule has 0 radical (unpaired) electrons. The molecule has 74 valence electrons. The zero-order chi connectivity index (χ0) is 10.7. The number of hydrogen-bond donors (Lipinski definition) is 2. The van der Waals surface area contributed by atoms with E-state index in [1.54, 1.807) is 6.07 Å². The predicted molar refractivity (Wildman–Crippen MR) is 48.8 cm³/mol. The van der Waals surface area contributed by atoms with Crippen LogP contribution in [0, 0.1) is 0 Å². The maximum atomic E-state index is 10.9. The number of carbonyl (C=O) groups is 2. The average Bonchev–Trinajstić information content (AvgIpc) is 2.16. The van der Waals surface area contributed by atoms with Gasteiger partial charge in [-0.1, -0.05) is 6.07 Å². The van der Waals surface area contributed by atoms with Gasteiger partial charge in [-0.3, -0.25) is 9.59 Å². The first-order chi connectivity index (χ1) is 6.52. The molecule has 1 rings (SSSR count). The smallest absolute Gasteiger partial charge is 0.326 e. The van der Waals surface area contributed by atoms with Crippen molar-refractivity contribution in [3.8, 4) is 0 Å². The fraction of sp³-hybridized carbons (Fsp3) is 0.222. The fourth-order valence-corrected chi connectivity index (χ4v) is 0.947. The SMILES string of the molecule is CC(=O)c1cccc([C@@H](N)C(=O)O)n1. The molecule has 0 aliphatic carbocycles. The highest BCUT2D eigenvalue weighted by atomic mass is 16.4. The second-order valence-electron chi connectivity index (χ2n) is 2.82. The second-order valence-corrected chi connectivity index (χ2v) is 2.82. The third-order valence-corrected chi connectivity index (χ3v) is 1.72. The molecule has 0 amide bonds. The maximum Gasteiger partial charge on any atom is 0.326 e. The molecule has 1 heterocycles. The minimum absolute atomic E-state index is 0.185. The summed E-state index contributed by atoms with van der Waals surface area (Å²) >= 11 is 0. The van der Waals surface area contributed by atoms with Crippen LogP contribution in [0.5, 0.6) is 0 Å². The predicted octanol–water partition coefficient (Wildman–Crippen LogP) is 0.369. The zero-order valence-corrected chi connectivity index (χ0v) is 7.60. The van der Waals surface area contributed by atoms with Gasteiger partial charge in [0.05, 0.1) is 5.69 Å². The summed E-state index contributed by atoms with van der Waals surface area (Å²) in [6.07, 6.45) is 0. The van der Waals surface area contributed by atoms with Gasteiger partial charge in [-0.25, -0.2) is 4.98 Å². The number of carboxylic acids is 1. The maximum absolute atomic E-state index is 10.9. The number of nitrogens with zero attached hydrogens (tertiary/aromatic N) is 1. The van der Waals surface area contributed by atoms with Crippen LogP contribution in [0.25, 0.3) is 0 Å². The van der Waals surface area contributed by atoms with Crippen molar-refractivity contribution < 1.29 is 14.7 Å². The normalized spacial score (nSPS) is 12.1. The van der Waals surface area contributed by atoms with E-state index in [2.05, 4.69) is 4.98 Å². The summed E-state index contributed by atoms with van der Waals surface area (Å²) in [5.41, 5.74) is 5.74. The molecule has 0 unspecified atom stereocenters. The van der Waals surface area contributed by atoms with Gasteiger partial charge in [-0.2, -0.15) is 0 Å². The molecular weight excluding hydrogens is 184 g/mol. The molecule has 0 saturated heterocycles. The summed E-state index contributed by atoms with van der Waals surface area (Å²) in [5.74, 6) is -1.39. The lowest BCUT2D eigenvalue weighted by Crippen LogP contribution is -2.22. The Labute approximate surface area is 80.6 Å². The Kier molecular flexibility index (Phi) is 2.93. The monoisotopic (exact) mass is 194 g/mol. The topological polar surface area (TPSA) is 93.3 Å². The Morgan fingerprint density at radius 3 is 2.64 bits per heavy atom. The number of rotatable bonds is 3. The number of nitrogens with two attached hydrogens (primary N) is 1. The Hall–Kier alpha value is -1.75. The molecule has 0 fully saturated rings. The van der Waals surface area contributed by atoms with Crippen molar-refractivity contribution in [2.24, 2.45) is 5.73 Å². The lowest BCUT2D eigenvalue weighted by molar-refractivity contribution is -0.138. The number of pyridine rings is 1. The number of hydrogen-bond acceptors (Lipinski definition) is 4. The Morgan fingerprint density at radius 2 is 2.14 bits per heavy atom. The standard InChI is InChI=1S/C9H10N2O3/c1-5(12)6-3-2-4-7(11-6)8(10)9(13)14/h2-4,8H,10H2,1H3,(H,13,14)/t8-/m1/s1. The first kappa shape index (κ1) is 10.3. The van der Waals surface area contributed by atoms with Crippen molar-refractivity contribution in [1.29, 1.82) is 0 Å². The van der Waals surface area contributed by atoms with E-state index in [0.29, 0.717) is 0 Å². The zero-order valence-electron chi connectivity index (χ0n) is 7.60. The summed E-state index contributed by atoms with van der Waals surface area (Å²) in [5, 5.41) is 8.61. The quantitative estimate of drug-likeness (QED) is 0.678. The van der Waals surface area contributed by atoms with Gasteiger partial charge in [-0.05, 0) is 12.1 Å². The van der Waals surface area contributed by atoms with E-state index in [4.69, 9.17) is 10.8 Å². The molecule has 0 bridgehead atoms. The molecule has 5 heteroatoms. The first-order valence-corrected chi connectivity index (χ1v) is 3.98. The van der Waals surface area contributed by atoms with Crippen LogP contribution in [0.2, 0.25) is 0 Å². The van der Waals surface area contributed by atoms with Crippen LogP contribution in [0.15, 0.2) is 18.2 Å². The van der Waals surface area contributed by atoms with Crippen LogP contribution < -0.4 is 5.73 Å². The van der Waals surface area contributed by atoms with Crippen molar-refractivity contribution in [2.75, 3.05) is 0 Å². The highest BCUT2D eigenvalue weighted by Gasteiger charge is 2.16. The van der Waals surface area contributed by atoms with E-state index < -0.39 is 12.0 Å². The molecule has 0 spiro atoms. The molecule has 1 aromatic heterocycles. The van der Waals surface area contributed by atoms with Gasteiger partial charge in [0.15, 0.2) is 5.78 Å². The van der Waals surface area contributed by atoms with Gasteiger partial charge in [-0.15, -0.1) is 0 Å². The molecule has 14 heavy (non-hydrogen) atoms. The highest BCUT2D eigenvalue weighted by Crippen LogP contribution is 2.08. The molecule has 0 aliphatic heterocycles. The van der Waals surface area contributed by atoms with E-state index in [1.807, 2.05) is 0 Å². The van der Waals surface area contributed by atoms with Crippen LogP contribution >= 0.6 is 0 Å². The lowest BCUT2D eigenvalue weighted by Gasteiger charge is -2.05. The minimum Gasteiger partial charge on any atom is -0.480 e. The van der Waals surface area contributed by atoms with Crippen molar-refractivity contribution in [3.05, 3.63) is 29.6 Å². The Morgan fingerprint density at radius 1 is 1.50 bits per heavy atom. The van der Waals surface area contributed by atoms with E-state index in [9.17, 15) is 9.59 Å². The summed E-state index contributed by atoms with van der Waals surface area (Å²) in [6, 6.07) is 3.36. The molecular formula is C9H10N2O3. The van der Waals surface area contributed by atoms with E-state index in [0.717, 1.165) is 0 Å². The van der Waals surface area contributed by atoms with Crippen LogP contribution in [-0.2, 0) is 4.79 Å². The van der Waals surface area contributed by atoms with Gasteiger partial charge in [0, 0.05) is 6.92 Å². The number of ketones is 1. The molecule has 1 aromatic rings. The second kappa shape index (κ2) is 3.97. The molecule has 5 nitrogen and oxygen atoms in total. The first-order valence-electron chi connectivity index (χ1n) is 3.98. The lowest BCUT2D eigenvalue weighted by atomic mass is 10.2. The minimum atomic E-state index is -1.19. The van der Waals surface area contributed by atoms with Crippen molar-refractivity contribution in [3.63, 3.8) is 0 Å². The third-order valence-electron chi connectivity index (χ3n) is 1.72. The summed E-state index contributed by atoms with van der Waals surface area (Å²) in [6.45, 7) is 1.36. The van der Waals surface area contributed by atoms with E-state index >= 15 is 0 Å².